The second kappa shape index (κ2) is 12.9. The highest BCUT2D eigenvalue weighted by Crippen LogP contribution is 2.52. The molecule has 5 aliphatic rings. The predicted molar refractivity (Wildman–Crippen MR) is 160 cm³/mol. The Morgan fingerprint density at radius 3 is 2.41 bits per heavy atom. The third-order valence-electron chi connectivity index (χ3n) is 12.5. The maximum Gasteiger partial charge on any atom is 0.0412 e. The van der Waals surface area contributed by atoms with Crippen LogP contribution in [-0.2, 0) is 0 Å². The minimum atomic E-state index is 0.155. The first-order valence-corrected chi connectivity index (χ1v) is 17.1. The van der Waals surface area contributed by atoms with Crippen molar-refractivity contribution in [3.05, 3.63) is 12.2 Å². The number of nitrogens with two attached hydrogens (primary N) is 1. The van der Waals surface area contributed by atoms with Gasteiger partial charge in [-0.2, -0.15) is 0 Å². The maximum absolute atomic E-state index is 7.18. The standard InChI is InChI=1S/C35H62N2/c1-26-13-14-30(15-19-35-17-5-10-31(25-35)11-6-18-35)24-32(22-26)23-28(3)33(36)34-27(2)8-4-9-29-12-7-20-37(34)21-16-29/h26-27,29-34H,3-25,36H2,1-2H3/t26?,27-,29?,30+,31?,32?,33?,34?,35?/m0/s1. The number of hydrogen-bond donors (Lipinski definition) is 1. The fourth-order valence-electron chi connectivity index (χ4n) is 10.4. The van der Waals surface area contributed by atoms with E-state index in [2.05, 4.69) is 18.7 Å². The molecule has 6 unspecified atom stereocenters. The fraction of sp³-hybridized carbons (Fsp3) is 0.943. The minimum Gasteiger partial charge on any atom is -0.323 e. The van der Waals surface area contributed by atoms with Gasteiger partial charge in [0.25, 0.3) is 0 Å². The molecule has 8 atom stereocenters. The molecule has 0 aromatic rings. The van der Waals surface area contributed by atoms with Crippen LogP contribution in [0.2, 0.25) is 0 Å². The molecule has 5 fully saturated rings. The fourth-order valence-corrected chi connectivity index (χ4v) is 10.4. The molecule has 3 saturated carbocycles. The zero-order chi connectivity index (χ0) is 25.8. The van der Waals surface area contributed by atoms with Gasteiger partial charge in [-0.15, -0.1) is 0 Å². The molecule has 2 heterocycles. The van der Waals surface area contributed by atoms with Gasteiger partial charge >= 0.3 is 0 Å². The lowest BCUT2D eigenvalue weighted by molar-refractivity contribution is 0.0599. The Kier molecular flexibility index (Phi) is 9.82. The summed E-state index contributed by atoms with van der Waals surface area (Å²) in [7, 11) is 0. The van der Waals surface area contributed by atoms with Gasteiger partial charge in [-0.3, -0.25) is 4.90 Å². The van der Waals surface area contributed by atoms with Crippen LogP contribution in [0.5, 0.6) is 0 Å². The largest absolute Gasteiger partial charge is 0.323 e. The van der Waals surface area contributed by atoms with Crippen LogP contribution in [0.4, 0.5) is 0 Å². The van der Waals surface area contributed by atoms with Crippen molar-refractivity contribution in [1.82, 2.24) is 4.90 Å². The van der Waals surface area contributed by atoms with E-state index in [0.29, 0.717) is 12.0 Å². The van der Waals surface area contributed by atoms with E-state index in [1.807, 2.05) is 0 Å². The van der Waals surface area contributed by atoms with E-state index in [4.69, 9.17) is 12.3 Å². The lowest BCUT2D eigenvalue weighted by Crippen LogP contribution is -2.52. The lowest BCUT2D eigenvalue weighted by Gasteiger charge is -2.46. The molecule has 0 spiro atoms. The Hall–Kier alpha value is -0.340. The summed E-state index contributed by atoms with van der Waals surface area (Å²) in [5.41, 5.74) is 9.30. The summed E-state index contributed by atoms with van der Waals surface area (Å²) in [5, 5.41) is 0. The number of nitrogens with zero attached hydrogens (tertiary/aromatic N) is 1. The van der Waals surface area contributed by atoms with Gasteiger partial charge in [0.05, 0.1) is 0 Å². The molecule has 0 aromatic carbocycles. The smallest absolute Gasteiger partial charge is 0.0412 e. The van der Waals surface area contributed by atoms with E-state index in [1.165, 1.54) is 128 Å². The summed E-state index contributed by atoms with van der Waals surface area (Å²) in [6, 6.07) is 0.662. The minimum absolute atomic E-state index is 0.155. The number of hydrogen-bond acceptors (Lipinski definition) is 2. The van der Waals surface area contributed by atoms with Crippen molar-refractivity contribution in [3.8, 4) is 0 Å². The van der Waals surface area contributed by atoms with Crippen LogP contribution < -0.4 is 5.73 Å². The van der Waals surface area contributed by atoms with E-state index < -0.39 is 0 Å². The summed E-state index contributed by atoms with van der Waals surface area (Å²) >= 11 is 0. The van der Waals surface area contributed by atoms with Crippen molar-refractivity contribution in [1.29, 1.82) is 0 Å². The van der Waals surface area contributed by atoms with Crippen molar-refractivity contribution in [2.45, 2.75) is 154 Å². The summed E-state index contributed by atoms with van der Waals surface area (Å²) in [5.74, 6) is 5.36. The van der Waals surface area contributed by atoms with Gasteiger partial charge in [-0.1, -0.05) is 77.4 Å². The van der Waals surface area contributed by atoms with Crippen LogP contribution in [0.25, 0.3) is 0 Å². The maximum atomic E-state index is 7.18. The molecule has 0 amide bonds. The molecule has 2 heteroatoms. The van der Waals surface area contributed by atoms with Crippen molar-refractivity contribution < 1.29 is 0 Å². The van der Waals surface area contributed by atoms with E-state index in [0.717, 1.165) is 35.0 Å². The Bertz CT molecular complexity index is 719. The van der Waals surface area contributed by atoms with Gasteiger partial charge in [-0.25, -0.2) is 0 Å². The Morgan fingerprint density at radius 2 is 1.59 bits per heavy atom. The van der Waals surface area contributed by atoms with Gasteiger partial charge in [0.2, 0.25) is 0 Å². The van der Waals surface area contributed by atoms with E-state index in [-0.39, 0.29) is 6.04 Å². The Morgan fingerprint density at radius 1 is 0.838 bits per heavy atom. The zero-order valence-electron chi connectivity index (χ0n) is 24.9. The summed E-state index contributed by atoms with van der Waals surface area (Å²) in [6.45, 7) is 12.3. The summed E-state index contributed by atoms with van der Waals surface area (Å²) < 4.78 is 0. The number of fused-ring (bicyclic) bond motifs is 5. The van der Waals surface area contributed by atoms with Crippen molar-refractivity contribution in [3.63, 3.8) is 0 Å². The van der Waals surface area contributed by atoms with Gasteiger partial charge in [0, 0.05) is 12.1 Å². The first kappa shape index (κ1) is 28.2. The molecule has 3 aliphatic carbocycles. The normalized spacial score (nSPS) is 44.1. The molecule has 2 aliphatic heterocycles. The predicted octanol–water partition coefficient (Wildman–Crippen LogP) is 9.13. The summed E-state index contributed by atoms with van der Waals surface area (Å²) in [4.78, 5) is 2.81. The Labute approximate surface area is 231 Å². The van der Waals surface area contributed by atoms with E-state index in [9.17, 15) is 0 Å². The van der Waals surface area contributed by atoms with Crippen LogP contribution >= 0.6 is 0 Å². The van der Waals surface area contributed by atoms with Crippen LogP contribution in [0.1, 0.15) is 142 Å². The van der Waals surface area contributed by atoms with Crippen LogP contribution in [0, 0.1) is 40.9 Å². The van der Waals surface area contributed by atoms with Crippen molar-refractivity contribution >= 4 is 0 Å². The molecule has 2 N–H and O–H groups in total. The molecule has 5 rings (SSSR count). The average Bonchev–Trinajstić information content (AvgIpc) is 3.18. The van der Waals surface area contributed by atoms with Gasteiger partial charge in [-0.05, 0) is 131 Å². The molecule has 0 aromatic heterocycles. The molecule has 212 valence electrons. The lowest BCUT2D eigenvalue weighted by atomic mass is 9.60. The highest BCUT2D eigenvalue weighted by atomic mass is 15.2. The highest BCUT2D eigenvalue weighted by molar-refractivity contribution is 5.12. The van der Waals surface area contributed by atoms with Gasteiger partial charge in [0.15, 0.2) is 0 Å². The Balaban J connectivity index is 1.19. The number of rotatable bonds is 7. The van der Waals surface area contributed by atoms with Gasteiger partial charge in [0.1, 0.15) is 0 Å². The molecule has 37 heavy (non-hydrogen) atoms. The SMILES string of the molecule is C=C(CC1CC(C)CC[C@H](CCC23CCCC(CCC2)C3)C1)C(N)C1[C@@H](C)CCCC2CCCN1CC2. The molecule has 2 nitrogen and oxygen atoms in total. The van der Waals surface area contributed by atoms with Gasteiger partial charge < -0.3 is 5.73 Å². The highest BCUT2D eigenvalue weighted by Gasteiger charge is 2.40. The quantitative estimate of drug-likeness (QED) is 0.273. The van der Waals surface area contributed by atoms with E-state index >= 15 is 0 Å². The first-order valence-electron chi connectivity index (χ1n) is 17.1. The van der Waals surface area contributed by atoms with Crippen LogP contribution in [0.15, 0.2) is 12.2 Å². The topological polar surface area (TPSA) is 29.3 Å². The van der Waals surface area contributed by atoms with Crippen molar-refractivity contribution in [2.24, 2.45) is 46.7 Å². The van der Waals surface area contributed by atoms with Crippen LogP contribution in [-0.4, -0.2) is 30.1 Å². The second-order valence-electron chi connectivity index (χ2n) is 15.4. The zero-order valence-corrected chi connectivity index (χ0v) is 24.9. The molecular weight excluding hydrogens is 448 g/mol. The average molecular weight is 511 g/mol. The molecule has 4 bridgehead atoms. The second-order valence-corrected chi connectivity index (χ2v) is 15.4. The third-order valence-corrected chi connectivity index (χ3v) is 12.5. The first-order chi connectivity index (χ1) is 17.9. The molecule has 0 radical (unpaired) electrons. The summed E-state index contributed by atoms with van der Waals surface area (Å²) in [6.07, 6.45) is 29.2. The van der Waals surface area contributed by atoms with E-state index in [1.54, 1.807) is 19.3 Å². The molecule has 2 saturated heterocycles. The molecular formula is C35H62N2. The third kappa shape index (κ3) is 7.25. The van der Waals surface area contributed by atoms with Crippen LogP contribution in [0.3, 0.4) is 0 Å². The monoisotopic (exact) mass is 510 g/mol. The van der Waals surface area contributed by atoms with Crippen molar-refractivity contribution in [2.75, 3.05) is 13.1 Å².